The third kappa shape index (κ3) is 4.13. The predicted octanol–water partition coefficient (Wildman–Crippen LogP) is 2.34. The summed E-state index contributed by atoms with van der Waals surface area (Å²) in [6.07, 6.45) is 0.587. The number of amides is 1. The van der Waals surface area contributed by atoms with Gasteiger partial charge in [0.05, 0.1) is 21.2 Å². The van der Waals surface area contributed by atoms with Gasteiger partial charge >= 0.3 is 5.97 Å². The van der Waals surface area contributed by atoms with Gasteiger partial charge in [-0.3, -0.25) is 14.9 Å². The van der Waals surface area contributed by atoms with E-state index in [9.17, 15) is 19.7 Å². The Kier molecular flexibility index (Phi) is 5.24. The highest BCUT2D eigenvalue weighted by Gasteiger charge is 2.17. The fraction of sp³-hybridized carbons (Fsp3) is 0.267. The van der Waals surface area contributed by atoms with Gasteiger partial charge in [-0.05, 0) is 19.9 Å². The quantitative estimate of drug-likeness (QED) is 0.609. The highest BCUT2D eigenvalue weighted by atomic mass is 32.1. The number of nitrogens with zero attached hydrogens (tertiary/aromatic N) is 2. The van der Waals surface area contributed by atoms with Crippen LogP contribution in [0.1, 0.15) is 36.3 Å². The minimum atomic E-state index is -1.33. The Hall–Kier alpha value is -2.81. The number of aromatic nitrogens is 1. The maximum absolute atomic E-state index is 12.1. The Labute approximate surface area is 141 Å². The summed E-state index contributed by atoms with van der Waals surface area (Å²) >= 11 is 1.55. The molecule has 1 aromatic heterocycles. The molecule has 9 heteroatoms. The van der Waals surface area contributed by atoms with Gasteiger partial charge in [-0.1, -0.05) is 0 Å². The Morgan fingerprint density at radius 1 is 1.29 bits per heavy atom. The Bertz CT molecular complexity index is 783. The number of aromatic carboxylic acids is 1. The number of rotatable bonds is 6. The number of nitro groups is 1. The lowest BCUT2D eigenvalue weighted by Crippen LogP contribution is -2.26. The van der Waals surface area contributed by atoms with Crippen molar-refractivity contribution in [1.29, 1.82) is 0 Å². The number of aryl methyl sites for hydroxylation is 2. The van der Waals surface area contributed by atoms with Gasteiger partial charge in [0.15, 0.2) is 0 Å². The first-order valence-electron chi connectivity index (χ1n) is 7.02. The van der Waals surface area contributed by atoms with Gasteiger partial charge in [-0.2, -0.15) is 0 Å². The standard InChI is InChI=1S/C15H15N3O5S/c1-8-13(24-9(2)17-8)3-4-16-14(19)10-5-11(15(20)21)7-12(6-10)18(22)23/h5-7H,3-4H2,1-2H3,(H,16,19)(H,20,21). The molecule has 0 spiro atoms. The van der Waals surface area contributed by atoms with Crippen LogP contribution in [0.5, 0.6) is 0 Å². The van der Waals surface area contributed by atoms with Crippen LogP contribution in [0.25, 0.3) is 0 Å². The number of nitrogens with one attached hydrogen (secondary N) is 1. The number of nitro benzene ring substituents is 1. The SMILES string of the molecule is Cc1nc(C)c(CCNC(=O)c2cc(C(=O)O)cc([N+](=O)[O-])c2)s1. The zero-order chi connectivity index (χ0) is 17.9. The number of hydrogen-bond acceptors (Lipinski definition) is 6. The molecule has 1 heterocycles. The largest absolute Gasteiger partial charge is 0.478 e. The minimum Gasteiger partial charge on any atom is -0.478 e. The van der Waals surface area contributed by atoms with E-state index >= 15 is 0 Å². The molecule has 0 aliphatic carbocycles. The number of thiazole rings is 1. The third-order valence-corrected chi connectivity index (χ3v) is 4.41. The molecule has 0 bridgehead atoms. The van der Waals surface area contributed by atoms with Crippen molar-refractivity contribution in [3.8, 4) is 0 Å². The first-order chi connectivity index (χ1) is 11.3. The molecule has 0 saturated carbocycles. The van der Waals surface area contributed by atoms with Crippen LogP contribution in [-0.4, -0.2) is 33.4 Å². The van der Waals surface area contributed by atoms with E-state index < -0.39 is 22.5 Å². The topological polar surface area (TPSA) is 122 Å². The first kappa shape index (κ1) is 17.5. The minimum absolute atomic E-state index is 0.0567. The number of hydrogen-bond donors (Lipinski definition) is 2. The summed E-state index contributed by atoms with van der Waals surface area (Å²) in [6, 6.07) is 3.10. The van der Waals surface area contributed by atoms with Crippen LogP contribution >= 0.6 is 11.3 Å². The summed E-state index contributed by atoms with van der Waals surface area (Å²) in [6.45, 7) is 4.11. The molecule has 0 fully saturated rings. The normalized spacial score (nSPS) is 10.4. The summed E-state index contributed by atoms with van der Waals surface area (Å²) in [4.78, 5) is 38.6. The van der Waals surface area contributed by atoms with E-state index in [-0.39, 0.29) is 11.1 Å². The zero-order valence-electron chi connectivity index (χ0n) is 13.0. The lowest BCUT2D eigenvalue weighted by atomic mass is 10.1. The number of carboxylic acid groups (broad SMARTS) is 1. The molecule has 1 amide bonds. The molecule has 0 unspecified atom stereocenters. The molecule has 2 aromatic rings. The lowest BCUT2D eigenvalue weighted by molar-refractivity contribution is -0.384. The monoisotopic (exact) mass is 349 g/mol. The van der Waals surface area contributed by atoms with E-state index in [0.717, 1.165) is 33.8 Å². The van der Waals surface area contributed by atoms with Crippen molar-refractivity contribution in [2.45, 2.75) is 20.3 Å². The molecule has 24 heavy (non-hydrogen) atoms. The second-order valence-corrected chi connectivity index (χ2v) is 6.37. The third-order valence-electron chi connectivity index (χ3n) is 3.27. The van der Waals surface area contributed by atoms with Crippen molar-refractivity contribution in [1.82, 2.24) is 10.3 Å². The molecule has 0 aliphatic heterocycles. The molecular formula is C15H15N3O5S. The molecule has 8 nitrogen and oxygen atoms in total. The molecule has 2 rings (SSSR count). The van der Waals surface area contributed by atoms with Crippen LogP contribution < -0.4 is 5.32 Å². The lowest BCUT2D eigenvalue weighted by Gasteiger charge is -2.06. The van der Waals surface area contributed by atoms with Gasteiger partial charge in [0, 0.05) is 35.5 Å². The average molecular weight is 349 g/mol. The number of carbonyl (C=O) groups is 2. The van der Waals surface area contributed by atoms with E-state index in [1.165, 1.54) is 0 Å². The summed E-state index contributed by atoms with van der Waals surface area (Å²) < 4.78 is 0. The van der Waals surface area contributed by atoms with E-state index in [4.69, 9.17) is 5.11 Å². The van der Waals surface area contributed by atoms with Crippen LogP contribution in [0, 0.1) is 24.0 Å². The van der Waals surface area contributed by atoms with Gasteiger partial charge in [0.1, 0.15) is 0 Å². The number of non-ortho nitro benzene ring substituents is 1. The number of carbonyl (C=O) groups excluding carboxylic acids is 1. The molecule has 126 valence electrons. The maximum Gasteiger partial charge on any atom is 0.335 e. The average Bonchev–Trinajstić information content (AvgIpc) is 2.84. The van der Waals surface area contributed by atoms with Gasteiger partial charge in [-0.25, -0.2) is 9.78 Å². The molecule has 0 saturated heterocycles. The van der Waals surface area contributed by atoms with Gasteiger partial charge in [0.2, 0.25) is 0 Å². The second kappa shape index (κ2) is 7.18. The van der Waals surface area contributed by atoms with Crippen LogP contribution in [-0.2, 0) is 6.42 Å². The Morgan fingerprint density at radius 2 is 1.96 bits per heavy atom. The van der Waals surface area contributed by atoms with Gasteiger partial charge in [0.25, 0.3) is 11.6 Å². The molecule has 0 atom stereocenters. The van der Waals surface area contributed by atoms with Crippen molar-refractivity contribution < 1.29 is 19.6 Å². The van der Waals surface area contributed by atoms with E-state index in [2.05, 4.69) is 10.3 Å². The van der Waals surface area contributed by atoms with E-state index in [1.807, 2.05) is 13.8 Å². The molecule has 0 aliphatic rings. The van der Waals surface area contributed by atoms with Gasteiger partial charge in [-0.15, -0.1) is 11.3 Å². The van der Waals surface area contributed by atoms with Crippen molar-refractivity contribution in [3.05, 3.63) is 55.0 Å². The first-order valence-corrected chi connectivity index (χ1v) is 7.83. The number of benzene rings is 1. The fourth-order valence-corrected chi connectivity index (χ4v) is 3.10. The van der Waals surface area contributed by atoms with Crippen molar-refractivity contribution in [2.24, 2.45) is 0 Å². The summed E-state index contributed by atoms with van der Waals surface area (Å²) in [5.41, 5.74) is 0.117. The molecule has 1 aromatic carbocycles. The van der Waals surface area contributed by atoms with Gasteiger partial charge < -0.3 is 10.4 Å². The second-order valence-electron chi connectivity index (χ2n) is 5.08. The fourth-order valence-electron chi connectivity index (χ4n) is 2.17. The predicted molar refractivity (Wildman–Crippen MR) is 87.7 cm³/mol. The van der Waals surface area contributed by atoms with E-state index in [1.54, 1.807) is 11.3 Å². The molecule has 2 N–H and O–H groups in total. The van der Waals surface area contributed by atoms with E-state index in [0.29, 0.717) is 13.0 Å². The number of carboxylic acids is 1. The van der Waals surface area contributed by atoms with Crippen molar-refractivity contribution >= 4 is 28.9 Å². The zero-order valence-corrected chi connectivity index (χ0v) is 13.8. The van der Waals surface area contributed by atoms with Crippen LogP contribution in [0.3, 0.4) is 0 Å². The Balaban J connectivity index is 2.10. The summed E-state index contributed by atoms with van der Waals surface area (Å²) in [5, 5.41) is 23.4. The van der Waals surface area contributed by atoms with Crippen LogP contribution in [0.4, 0.5) is 5.69 Å². The van der Waals surface area contributed by atoms with Crippen molar-refractivity contribution in [3.63, 3.8) is 0 Å². The summed E-state index contributed by atoms with van der Waals surface area (Å²) in [5.74, 6) is -1.89. The highest BCUT2D eigenvalue weighted by molar-refractivity contribution is 7.11. The van der Waals surface area contributed by atoms with Crippen LogP contribution in [0.2, 0.25) is 0 Å². The maximum atomic E-state index is 12.1. The van der Waals surface area contributed by atoms with Crippen LogP contribution in [0.15, 0.2) is 18.2 Å². The molecular weight excluding hydrogens is 334 g/mol. The smallest absolute Gasteiger partial charge is 0.335 e. The van der Waals surface area contributed by atoms with Crippen molar-refractivity contribution in [2.75, 3.05) is 6.54 Å². The Morgan fingerprint density at radius 3 is 2.50 bits per heavy atom. The summed E-state index contributed by atoms with van der Waals surface area (Å²) in [7, 11) is 0. The highest BCUT2D eigenvalue weighted by Crippen LogP contribution is 2.19. The molecule has 0 radical (unpaired) electrons.